The number of ether oxygens (including phenoxy) is 1. The summed E-state index contributed by atoms with van der Waals surface area (Å²) in [6.07, 6.45) is 0.639. The molecule has 112 valence electrons. The number of hydrogen-bond donors (Lipinski definition) is 0. The van der Waals surface area contributed by atoms with Crippen molar-refractivity contribution in [2.75, 3.05) is 6.61 Å². The Kier molecular flexibility index (Phi) is 5.53. The third-order valence-electron chi connectivity index (χ3n) is 2.66. The lowest BCUT2D eigenvalue weighted by Gasteiger charge is -2.09. The summed E-state index contributed by atoms with van der Waals surface area (Å²) in [5.41, 5.74) is -0.407. The second-order valence-electron chi connectivity index (χ2n) is 4.86. The third-order valence-corrected chi connectivity index (χ3v) is 3.99. The van der Waals surface area contributed by atoms with Gasteiger partial charge in [0, 0.05) is 10.7 Å². The van der Waals surface area contributed by atoms with Crippen LogP contribution in [-0.4, -0.2) is 21.0 Å². The molecule has 20 heavy (non-hydrogen) atoms. The van der Waals surface area contributed by atoms with Gasteiger partial charge in [-0.05, 0) is 37.0 Å². The van der Waals surface area contributed by atoms with Gasteiger partial charge < -0.3 is 4.74 Å². The summed E-state index contributed by atoms with van der Waals surface area (Å²) in [5, 5.41) is 0. The van der Waals surface area contributed by atoms with Crippen molar-refractivity contribution in [1.82, 2.24) is 0 Å². The maximum atomic E-state index is 13.9. The number of aryl methyl sites for hydroxylation is 1. The van der Waals surface area contributed by atoms with Crippen LogP contribution in [0.25, 0.3) is 0 Å². The molecule has 0 amide bonds. The SMILES string of the molecule is Cc1cc(S(=O)(=O)Cl)cc(C(=O)OCCC(C)C)c1F. The Morgan fingerprint density at radius 1 is 1.40 bits per heavy atom. The molecule has 7 heteroatoms. The van der Waals surface area contributed by atoms with E-state index < -0.39 is 26.4 Å². The number of halogens is 2. The summed E-state index contributed by atoms with van der Waals surface area (Å²) < 4.78 is 41.3. The van der Waals surface area contributed by atoms with Crippen LogP contribution in [0.2, 0.25) is 0 Å². The first-order valence-electron chi connectivity index (χ1n) is 6.05. The lowest BCUT2D eigenvalue weighted by Crippen LogP contribution is -2.12. The smallest absolute Gasteiger partial charge is 0.341 e. The summed E-state index contributed by atoms with van der Waals surface area (Å²) in [6, 6.07) is 1.96. The molecule has 0 saturated heterocycles. The minimum atomic E-state index is -4.03. The van der Waals surface area contributed by atoms with E-state index in [9.17, 15) is 17.6 Å². The van der Waals surface area contributed by atoms with Crippen molar-refractivity contribution in [1.29, 1.82) is 0 Å². The molecular weight excluding hydrogens is 307 g/mol. The molecule has 0 atom stereocenters. The average molecular weight is 323 g/mol. The van der Waals surface area contributed by atoms with Crippen molar-refractivity contribution in [3.05, 3.63) is 29.1 Å². The second-order valence-corrected chi connectivity index (χ2v) is 7.42. The number of esters is 1. The van der Waals surface area contributed by atoms with E-state index in [1.165, 1.54) is 6.92 Å². The summed E-state index contributed by atoms with van der Waals surface area (Å²) in [6.45, 7) is 5.41. The first kappa shape index (κ1) is 16.9. The fourth-order valence-corrected chi connectivity index (χ4v) is 2.33. The van der Waals surface area contributed by atoms with E-state index in [2.05, 4.69) is 0 Å². The van der Waals surface area contributed by atoms with E-state index >= 15 is 0 Å². The molecule has 0 N–H and O–H groups in total. The molecule has 0 unspecified atom stereocenters. The fourth-order valence-electron chi connectivity index (χ4n) is 1.49. The van der Waals surface area contributed by atoms with Crippen molar-refractivity contribution in [3.8, 4) is 0 Å². The molecule has 0 saturated carbocycles. The summed E-state index contributed by atoms with van der Waals surface area (Å²) in [5.74, 6) is -1.36. The molecule has 0 radical (unpaired) electrons. The van der Waals surface area contributed by atoms with Gasteiger partial charge in [-0.25, -0.2) is 17.6 Å². The molecule has 0 aliphatic heterocycles. The predicted molar refractivity (Wildman–Crippen MR) is 73.9 cm³/mol. The zero-order valence-electron chi connectivity index (χ0n) is 11.4. The highest BCUT2D eigenvalue weighted by Gasteiger charge is 2.21. The van der Waals surface area contributed by atoms with Gasteiger partial charge in [-0.3, -0.25) is 0 Å². The molecule has 0 aliphatic rings. The van der Waals surface area contributed by atoms with Crippen LogP contribution in [0, 0.1) is 18.7 Å². The lowest BCUT2D eigenvalue weighted by molar-refractivity contribution is 0.0482. The number of benzene rings is 1. The topological polar surface area (TPSA) is 60.4 Å². The predicted octanol–water partition coefficient (Wildman–Crippen LogP) is 3.26. The molecule has 0 spiro atoms. The minimum Gasteiger partial charge on any atom is -0.462 e. The Balaban J connectivity index is 3.05. The Bertz CT molecular complexity index is 611. The number of carbonyl (C=O) groups is 1. The molecule has 1 aromatic rings. The van der Waals surface area contributed by atoms with Crippen molar-refractivity contribution in [2.45, 2.75) is 32.1 Å². The molecule has 0 aromatic heterocycles. The van der Waals surface area contributed by atoms with Gasteiger partial charge in [-0.15, -0.1) is 0 Å². The van der Waals surface area contributed by atoms with Crippen LogP contribution in [0.4, 0.5) is 4.39 Å². The first-order valence-corrected chi connectivity index (χ1v) is 8.35. The van der Waals surface area contributed by atoms with Crippen LogP contribution in [0.15, 0.2) is 17.0 Å². The Morgan fingerprint density at radius 2 is 2.00 bits per heavy atom. The monoisotopic (exact) mass is 322 g/mol. The number of rotatable bonds is 5. The van der Waals surface area contributed by atoms with Gasteiger partial charge >= 0.3 is 5.97 Å². The normalized spacial score (nSPS) is 11.7. The summed E-state index contributed by atoms with van der Waals surface area (Å²) in [7, 11) is 1.17. The van der Waals surface area contributed by atoms with Crippen LogP contribution in [-0.2, 0) is 13.8 Å². The van der Waals surface area contributed by atoms with E-state index in [1.54, 1.807) is 0 Å². The molecule has 0 aliphatic carbocycles. The van der Waals surface area contributed by atoms with Crippen molar-refractivity contribution < 1.29 is 22.3 Å². The summed E-state index contributed by atoms with van der Waals surface area (Å²) >= 11 is 0. The first-order chi connectivity index (χ1) is 9.12. The standard InChI is InChI=1S/C13H16ClFO4S/c1-8(2)4-5-19-13(16)11-7-10(20(14,17)18)6-9(3)12(11)15/h6-8H,4-5H2,1-3H3. The van der Waals surface area contributed by atoms with E-state index in [0.29, 0.717) is 12.3 Å². The molecule has 0 bridgehead atoms. The average Bonchev–Trinajstić information content (AvgIpc) is 2.30. The second kappa shape index (κ2) is 6.54. The Morgan fingerprint density at radius 3 is 2.50 bits per heavy atom. The van der Waals surface area contributed by atoms with E-state index in [1.807, 2.05) is 13.8 Å². The Labute approximate surface area is 122 Å². The zero-order chi connectivity index (χ0) is 15.5. The quantitative estimate of drug-likeness (QED) is 0.616. The van der Waals surface area contributed by atoms with Crippen molar-refractivity contribution >= 4 is 25.7 Å². The van der Waals surface area contributed by atoms with Crippen molar-refractivity contribution in [2.24, 2.45) is 5.92 Å². The van der Waals surface area contributed by atoms with Crippen LogP contribution >= 0.6 is 10.7 Å². The van der Waals surface area contributed by atoms with E-state index in [-0.39, 0.29) is 17.1 Å². The van der Waals surface area contributed by atoms with Crippen LogP contribution < -0.4 is 0 Å². The molecule has 0 fully saturated rings. The van der Waals surface area contributed by atoms with Gasteiger partial charge in [0.2, 0.25) is 0 Å². The third kappa shape index (κ3) is 4.45. The summed E-state index contributed by atoms with van der Waals surface area (Å²) in [4.78, 5) is 11.5. The molecular formula is C13H16ClFO4S. The van der Waals surface area contributed by atoms with Crippen LogP contribution in [0.5, 0.6) is 0 Å². The largest absolute Gasteiger partial charge is 0.462 e. The molecule has 4 nitrogen and oxygen atoms in total. The van der Waals surface area contributed by atoms with Crippen LogP contribution in [0.3, 0.4) is 0 Å². The minimum absolute atomic E-state index is 0.0162. The van der Waals surface area contributed by atoms with Crippen LogP contribution in [0.1, 0.15) is 36.2 Å². The molecule has 1 aromatic carbocycles. The Hall–Kier alpha value is -1.14. The molecule has 0 heterocycles. The van der Waals surface area contributed by atoms with Gasteiger partial charge in [0.15, 0.2) is 0 Å². The maximum Gasteiger partial charge on any atom is 0.341 e. The highest BCUT2D eigenvalue weighted by molar-refractivity contribution is 8.13. The maximum absolute atomic E-state index is 13.9. The van der Waals surface area contributed by atoms with Gasteiger partial charge in [-0.1, -0.05) is 13.8 Å². The highest BCUT2D eigenvalue weighted by atomic mass is 35.7. The van der Waals surface area contributed by atoms with E-state index in [0.717, 1.165) is 12.1 Å². The van der Waals surface area contributed by atoms with Crippen molar-refractivity contribution in [3.63, 3.8) is 0 Å². The fraction of sp³-hybridized carbons (Fsp3) is 0.462. The highest BCUT2D eigenvalue weighted by Crippen LogP contribution is 2.22. The van der Waals surface area contributed by atoms with Gasteiger partial charge in [0.05, 0.1) is 17.1 Å². The lowest BCUT2D eigenvalue weighted by atomic mass is 10.1. The molecule has 1 rings (SSSR count). The zero-order valence-corrected chi connectivity index (χ0v) is 13.0. The van der Waals surface area contributed by atoms with Gasteiger partial charge in [0.1, 0.15) is 5.82 Å². The van der Waals surface area contributed by atoms with E-state index in [4.69, 9.17) is 15.4 Å². The van der Waals surface area contributed by atoms with Gasteiger partial charge in [0.25, 0.3) is 9.05 Å². The van der Waals surface area contributed by atoms with Gasteiger partial charge in [-0.2, -0.15) is 0 Å². The number of carbonyl (C=O) groups excluding carboxylic acids is 1. The number of hydrogen-bond acceptors (Lipinski definition) is 4.